The number of ether oxygens (including phenoxy) is 2. The van der Waals surface area contributed by atoms with Crippen LogP contribution in [0.15, 0.2) is 36.5 Å². The molecule has 0 aromatic rings. The maximum atomic E-state index is 12.8. The minimum atomic E-state index is -5.02. The Balaban J connectivity index is 2.42. The molecule has 0 radical (unpaired) electrons. The molecule has 12 nitrogen and oxygen atoms in total. The van der Waals surface area contributed by atoms with E-state index in [0.717, 1.165) is 70.6 Å². The molecule has 1 rings (SSSR count). The molecule has 0 aromatic carbocycles. The van der Waals surface area contributed by atoms with E-state index in [1.54, 1.807) is 0 Å². The van der Waals surface area contributed by atoms with Crippen molar-refractivity contribution in [3.63, 3.8) is 0 Å². The van der Waals surface area contributed by atoms with E-state index < -0.39 is 63.1 Å². The summed E-state index contributed by atoms with van der Waals surface area (Å²) in [4.78, 5) is 23.1. The van der Waals surface area contributed by atoms with E-state index in [0.29, 0.717) is 13.0 Å². The van der Waals surface area contributed by atoms with Crippen LogP contribution in [0.5, 0.6) is 0 Å². The number of esters is 1. The Morgan fingerprint density at radius 2 is 1.04 bits per heavy atom. The molecule has 0 saturated heterocycles. The van der Waals surface area contributed by atoms with Gasteiger partial charge in [-0.25, -0.2) is 4.57 Å². The molecule has 0 aliphatic heterocycles. The van der Waals surface area contributed by atoms with Gasteiger partial charge in [0.05, 0.1) is 13.2 Å². The molecule has 1 aliphatic rings. The van der Waals surface area contributed by atoms with Crippen molar-refractivity contribution in [2.75, 3.05) is 19.8 Å². The Kier molecular flexibility index (Phi) is 33.2. The number of carbonyl (C=O) groups is 1. The molecule has 0 aromatic heterocycles. The average molecular weight is 833 g/mol. The number of hydrogen-bond acceptors (Lipinski definition) is 11. The summed E-state index contributed by atoms with van der Waals surface area (Å²) in [7, 11) is -5.02. The molecule has 0 spiro atoms. The van der Waals surface area contributed by atoms with Crippen molar-refractivity contribution in [2.24, 2.45) is 0 Å². The van der Waals surface area contributed by atoms with Gasteiger partial charge in [0.25, 0.3) is 0 Å². The number of unbranched alkanes of at least 4 members (excludes halogenated alkanes) is 19. The molecule has 6 atom stereocenters. The van der Waals surface area contributed by atoms with Crippen molar-refractivity contribution in [3.05, 3.63) is 36.5 Å². The van der Waals surface area contributed by atoms with Crippen molar-refractivity contribution >= 4 is 13.8 Å². The van der Waals surface area contributed by atoms with Gasteiger partial charge < -0.3 is 39.9 Å². The zero-order chi connectivity index (χ0) is 42.0. The van der Waals surface area contributed by atoms with Crippen molar-refractivity contribution in [2.45, 2.75) is 217 Å². The first-order chi connectivity index (χ1) is 27.5. The quantitative estimate of drug-likeness (QED) is 0.0151. The molecule has 1 saturated carbocycles. The summed E-state index contributed by atoms with van der Waals surface area (Å²) in [5.41, 5.74) is 0. The van der Waals surface area contributed by atoms with E-state index in [1.807, 2.05) is 0 Å². The van der Waals surface area contributed by atoms with Crippen LogP contribution in [-0.4, -0.2) is 98.9 Å². The standard InChI is InChI=1S/C44H81O12P/c1-3-5-7-9-11-13-15-17-19-21-23-25-27-29-31-33-38(45)55-37(36-54-57(51,52)56-44-42(49)40(47)39(46)41(48)43(44)50)35-53-34-32-30-28-26-24-22-20-18-16-14-12-10-8-6-4-2/h5,7,11,13,17,19,37,39-44,46-50H,3-4,6,8-10,12,14-16,18,20-36H2,1-2H3,(H,51,52)/b7-5-,13-11-,19-17-. The highest BCUT2D eigenvalue weighted by atomic mass is 31.2. The number of phosphoric ester groups is 1. The van der Waals surface area contributed by atoms with Crippen molar-refractivity contribution in [1.82, 2.24) is 0 Å². The lowest BCUT2D eigenvalue weighted by Crippen LogP contribution is -2.64. The lowest BCUT2D eigenvalue weighted by atomic mass is 9.85. The summed E-state index contributed by atoms with van der Waals surface area (Å²) >= 11 is 0. The lowest BCUT2D eigenvalue weighted by molar-refractivity contribution is -0.220. The number of phosphoric acid groups is 1. The molecule has 13 heteroatoms. The molecule has 6 unspecified atom stereocenters. The maximum absolute atomic E-state index is 12.8. The predicted molar refractivity (Wildman–Crippen MR) is 226 cm³/mol. The van der Waals surface area contributed by atoms with Crippen LogP contribution in [0.2, 0.25) is 0 Å². The van der Waals surface area contributed by atoms with Crippen LogP contribution in [0.4, 0.5) is 0 Å². The van der Waals surface area contributed by atoms with Crippen LogP contribution in [0, 0.1) is 0 Å². The number of aliphatic hydroxyl groups excluding tert-OH is 5. The van der Waals surface area contributed by atoms with Gasteiger partial charge >= 0.3 is 13.8 Å². The molecule has 0 heterocycles. The average Bonchev–Trinajstić information content (AvgIpc) is 3.19. The summed E-state index contributed by atoms with van der Waals surface area (Å²) < 4.78 is 34.1. The van der Waals surface area contributed by atoms with Gasteiger partial charge in [-0.05, 0) is 44.9 Å². The Labute approximate surface area is 344 Å². The fraction of sp³-hybridized carbons (Fsp3) is 0.841. The largest absolute Gasteiger partial charge is 0.472 e. The summed E-state index contributed by atoms with van der Waals surface area (Å²) in [5.74, 6) is -0.493. The lowest BCUT2D eigenvalue weighted by Gasteiger charge is -2.41. The first kappa shape index (κ1) is 53.6. The second-order valence-corrected chi connectivity index (χ2v) is 16.9. The van der Waals surface area contributed by atoms with Crippen molar-refractivity contribution < 1.29 is 58.3 Å². The van der Waals surface area contributed by atoms with Crippen LogP contribution in [0.25, 0.3) is 0 Å². The SMILES string of the molecule is CC/C=C\C/C=C\C/C=C\CCCCCCCC(=O)OC(COCCCCCCCCCCCCCCCCC)COP(=O)(O)OC1C(O)C(O)C(O)C(O)C1O. The minimum Gasteiger partial charge on any atom is -0.457 e. The number of hydrogen-bond donors (Lipinski definition) is 6. The number of rotatable bonds is 37. The van der Waals surface area contributed by atoms with E-state index in [9.17, 15) is 39.8 Å². The number of aliphatic hydroxyl groups is 5. The predicted octanol–water partition coefficient (Wildman–Crippen LogP) is 8.70. The van der Waals surface area contributed by atoms with Gasteiger partial charge in [0.15, 0.2) is 0 Å². The van der Waals surface area contributed by atoms with Gasteiger partial charge in [0.1, 0.15) is 42.7 Å². The second-order valence-electron chi connectivity index (χ2n) is 15.5. The first-order valence-electron chi connectivity index (χ1n) is 22.3. The molecule has 6 N–H and O–H groups in total. The van der Waals surface area contributed by atoms with Crippen LogP contribution in [-0.2, 0) is 27.9 Å². The summed E-state index contributed by atoms with van der Waals surface area (Å²) in [5, 5.41) is 50.1. The summed E-state index contributed by atoms with van der Waals surface area (Å²) in [6.45, 7) is 4.13. The molecule has 1 fully saturated rings. The van der Waals surface area contributed by atoms with E-state index in [-0.39, 0.29) is 13.0 Å². The fourth-order valence-electron chi connectivity index (χ4n) is 6.72. The van der Waals surface area contributed by atoms with Crippen LogP contribution < -0.4 is 0 Å². The van der Waals surface area contributed by atoms with Gasteiger partial charge in [0.2, 0.25) is 0 Å². The zero-order valence-corrected chi connectivity index (χ0v) is 36.3. The first-order valence-corrected chi connectivity index (χ1v) is 23.8. The van der Waals surface area contributed by atoms with Crippen molar-refractivity contribution in [3.8, 4) is 0 Å². The van der Waals surface area contributed by atoms with E-state index in [2.05, 4.69) is 50.3 Å². The van der Waals surface area contributed by atoms with E-state index in [4.69, 9.17) is 18.5 Å². The number of allylic oxidation sites excluding steroid dienone is 6. The molecule has 1 aliphatic carbocycles. The van der Waals surface area contributed by atoms with Crippen LogP contribution >= 0.6 is 7.82 Å². The molecule has 0 bridgehead atoms. The Morgan fingerprint density at radius 1 is 0.579 bits per heavy atom. The normalized spacial score (nSPS) is 23.2. The van der Waals surface area contributed by atoms with Crippen molar-refractivity contribution in [1.29, 1.82) is 0 Å². The molecular weight excluding hydrogens is 751 g/mol. The molecular formula is C44H81O12P. The molecule has 0 amide bonds. The highest BCUT2D eigenvalue weighted by Gasteiger charge is 2.51. The Bertz CT molecular complexity index is 1090. The third-order valence-electron chi connectivity index (χ3n) is 10.3. The highest BCUT2D eigenvalue weighted by molar-refractivity contribution is 7.47. The third kappa shape index (κ3) is 27.9. The van der Waals surface area contributed by atoms with Crippen LogP contribution in [0.3, 0.4) is 0 Å². The van der Waals surface area contributed by atoms with Gasteiger partial charge in [-0.15, -0.1) is 0 Å². The van der Waals surface area contributed by atoms with Gasteiger partial charge in [-0.1, -0.05) is 159 Å². The smallest absolute Gasteiger partial charge is 0.457 e. The molecule has 334 valence electrons. The zero-order valence-electron chi connectivity index (χ0n) is 35.4. The monoisotopic (exact) mass is 833 g/mol. The van der Waals surface area contributed by atoms with E-state index in [1.165, 1.54) is 77.0 Å². The maximum Gasteiger partial charge on any atom is 0.472 e. The topological polar surface area (TPSA) is 192 Å². The second kappa shape index (κ2) is 35.3. The number of carbonyl (C=O) groups excluding carboxylic acids is 1. The Morgan fingerprint density at radius 3 is 1.58 bits per heavy atom. The fourth-order valence-corrected chi connectivity index (χ4v) is 7.70. The molecule has 57 heavy (non-hydrogen) atoms. The minimum absolute atomic E-state index is 0.0815. The van der Waals surface area contributed by atoms with Crippen LogP contribution in [0.1, 0.15) is 174 Å². The van der Waals surface area contributed by atoms with E-state index >= 15 is 0 Å². The highest BCUT2D eigenvalue weighted by Crippen LogP contribution is 2.47. The van der Waals surface area contributed by atoms with Gasteiger partial charge in [-0.2, -0.15) is 0 Å². The summed E-state index contributed by atoms with van der Waals surface area (Å²) in [6, 6.07) is 0. The third-order valence-corrected chi connectivity index (χ3v) is 11.3. The summed E-state index contributed by atoms with van der Waals surface area (Å²) in [6.07, 6.45) is 27.8. The van der Waals surface area contributed by atoms with Gasteiger partial charge in [-0.3, -0.25) is 13.8 Å². The van der Waals surface area contributed by atoms with Gasteiger partial charge in [0, 0.05) is 13.0 Å². The Hall–Kier alpha value is -1.44.